The molecule has 0 saturated heterocycles. The van der Waals surface area contributed by atoms with E-state index in [9.17, 15) is 4.79 Å². The van der Waals surface area contributed by atoms with Gasteiger partial charge in [0, 0.05) is 16.9 Å². The fourth-order valence-corrected chi connectivity index (χ4v) is 2.59. The number of amides is 1. The first-order chi connectivity index (χ1) is 12.6. The highest BCUT2D eigenvalue weighted by atomic mass is 35.5. The van der Waals surface area contributed by atoms with Crippen LogP contribution in [0.15, 0.2) is 60.9 Å². The van der Waals surface area contributed by atoms with Crippen LogP contribution in [-0.4, -0.2) is 10.9 Å². The Balaban J connectivity index is 1.82. The van der Waals surface area contributed by atoms with E-state index in [2.05, 4.69) is 21.7 Å². The minimum absolute atomic E-state index is 0.341. The third kappa shape index (κ3) is 3.82. The number of hydrogen-bond acceptors (Lipinski definition) is 4. The van der Waals surface area contributed by atoms with E-state index in [0.29, 0.717) is 27.5 Å². The van der Waals surface area contributed by atoms with Gasteiger partial charge in [-0.05, 0) is 42.8 Å². The molecule has 6 heteroatoms. The van der Waals surface area contributed by atoms with Gasteiger partial charge in [-0.1, -0.05) is 29.8 Å². The van der Waals surface area contributed by atoms with Crippen molar-refractivity contribution in [2.24, 2.45) is 0 Å². The molecule has 0 aliphatic heterocycles. The molecular formula is C20H15ClN4O. The molecule has 26 heavy (non-hydrogen) atoms. The van der Waals surface area contributed by atoms with E-state index in [4.69, 9.17) is 16.9 Å². The van der Waals surface area contributed by atoms with E-state index >= 15 is 0 Å². The number of nitrogens with zero attached hydrogens (tertiary/aromatic N) is 2. The number of aromatic nitrogens is 1. The summed E-state index contributed by atoms with van der Waals surface area (Å²) in [5, 5.41) is 15.7. The molecule has 0 spiro atoms. The van der Waals surface area contributed by atoms with E-state index in [-0.39, 0.29) is 5.91 Å². The van der Waals surface area contributed by atoms with Crippen molar-refractivity contribution in [2.75, 3.05) is 10.6 Å². The van der Waals surface area contributed by atoms with Crippen LogP contribution < -0.4 is 10.6 Å². The number of halogens is 1. The molecule has 3 rings (SSSR count). The van der Waals surface area contributed by atoms with Crippen molar-refractivity contribution in [1.29, 1.82) is 5.26 Å². The number of hydrogen-bond donors (Lipinski definition) is 2. The number of carbonyl (C=O) groups is 1. The molecule has 0 fully saturated rings. The molecule has 2 aromatic carbocycles. The fraction of sp³-hybridized carbons (Fsp3) is 0.0500. The smallest absolute Gasteiger partial charge is 0.257 e. The van der Waals surface area contributed by atoms with E-state index in [1.54, 1.807) is 36.5 Å². The van der Waals surface area contributed by atoms with Crippen molar-refractivity contribution in [2.45, 2.75) is 6.92 Å². The quantitative estimate of drug-likeness (QED) is 0.691. The Morgan fingerprint density at radius 1 is 1.12 bits per heavy atom. The zero-order chi connectivity index (χ0) is 18.5. The highest BCUT2D eigenvalue weighted by Crippen LogP contribution is 2.26. The van der Waals surface area contributed by atoms with Crippen molar-refractivity contribution in [3.05, 3.63) is 82.6 Å². The fourth-order valence-electron chi connectivity index (χ4n) is 2.41. The maximum Gasteiger partial charge on any atom is 0.257 e. The largest absolute Gasteiger partial charge is 0.354 e. The SMILES string of the molecule is Cc1c(Cl)cccc1Nc1cncc(C(=O)Nc2ccccc2C#N)c1. The Kier molecular flexibility index (Phi) is 5.16. The lowest BCUT2D eigenvalue weighted by atomic mass is 10.1. The Hall–Kier alpha value is -3.36. The molecule has 1 aromatic heterocycles. The van der Waals surface area contributed by atoms with Gasteiger partial charge in [-0.3, -0.25) is 9.78 Å². The molecular weight excluding hydrogens is 348 g/mol. The number of anilines is 3. The summed E-state index contributed by atoms with van der Waals surface area (Å²) in [6.07, 6.45) is 3.10. The van der Waals surface area contributed by atoms with Crippen molar-refractivity contribution in [3.8, 4) is 6.07 Å². The van der Waals surface area contributed by atoms with Crippen molar-refractivity contribution in [3.63, 3.8) is 0 Å². The average Bonchev–Trinajstić information content (AvgIpc) is 2.66. The summed E-state index contributed by atoms with van der Waals surface area (Å²) in [4.78, 5) is 16.6. The van der Waals surface area contributed by atoms with Crippen LogP contribution in [-0.2, 0) is 0 Å². The van der Waals surface area contributed by atoms with Crippen molar-refractivity contribution < 1.29 is 4.79 Å². The molecule has 0 aliphatic carbocycles. The Bertz CT molecular complexity index is 1010. The number of para-hydroxylation sites is 1. The maximum absolute atomic E-state index is 12.5. The van der Waals surface area contributed by atoms with E-state index in [1.807, 2.05) is 25.1 Å². The minimum atomic E-state index is -0.341. The van der Waals surface area contributed by atoms with E-state index in [0.717, 1.165) is 11.3 Å². The van der Waals surface area contributed by atoms with Gasteiger partial charge in [-0.15, -0.1) is 0 Å². The third-order valence-corrected chi connectivity index (χ3v) is 4.25. The molecule has 0 bridgehead atoms. The number of carbonyl (C=O) groups excluding carboxylic acids is 1. The molecule has 3 aromatic rings. The first kappa shape index (κ1) is 17.5. The van der Waals surface area contributed by atoms with Crippen LogP contribution in [0.2, 0.25) is 5.02 Å². The molecule has 0 aliphatic rings. The van der Waals surface area contributed by atoms with Gasteiger partial charge in [0.2, 0.25) is 0 Å². The topological polar surface area (TPSA) is 77.8 Å². The lowest BCUT2D eigenvalue weighted by Gasteiger charge is -2.12. The first-order valence-electron chi connectivity index (χ1n) is 7.86. The zero-order valence-corrected chi connectivity index (χ0v) is 14.7. The average molecular weight is 363 g/mol. The van der Waals surface area contributed by atoms with E-state index in [1.165, 1.54) is 6.20 Å². The molecule has 0 radical (unpaired) electrons. The minimum Gasteiger partial charge on any atom is -0.354 e. The van der Waals surface area contributed by atoms with Crippen LogP contribution in [0.4, 0.5) is 17.1 Å². The summed E-state index contributed by atoms with van der Waals surface area (Å²) in [6.45, 7) is 1.91. The molecule has 128 valence electrons. The summed E-state index contributed by atoms with van der Waals surface area (Å²) in [5.74, 6) is -0.341. The Labute approximate surface area is 156 Å². The van der Waals surface area contributed by atoms with Gasteiger partial charge in [0.1, 0.15) is 6.07 Å². The third-order valence-electron chi connectivity index (χ3n) is 3.84. The van der Waals surface area contributed by atoms with Crippen LogP contribution in [0.1, 0.15) is 21.5 Å². The van der Waals surface area contributed by atoms with Crippen LogP contribution in [0, 0.1) is 18.3 Å². The number of rotatable bonds is 4. The van der Waals surface area contributed by atoms with Gasteiger partial charge < -0.3 is 10.6 Å². The second-order valence-corrected chi connectivity index (χ2v) is 6.02. The van der Waals surface area contributed by atoms with Gasteiger partial charge in [0.05, 0.1) is 28.7 Å². The summed E-state index contributed by atoms with van der Waals surface area (Å²) >= 11 is 6.13. The van der Waals surface area contributed by atoms with Crippen LogP contribution in [0.5, 0.6) is 0 Å². The van der Waals surface area contributed by atoms with Gasteiger partial charge in [0.15, 0.2) is 0 Å². The monoisotopic (exact) mass is 362 g/mol. The summed E-state index contributed by atoms with van der Waals surface area (Å²) < 4.78 is 0. The standard InChI is InChI=1S/C20H15ClN4O/c1-13-17(21)6-4-8-18(13)24-16-9-15(11-23-12-16)20(26)25-19-7-3-2-5-14(19)10-22/h2-9,11-12,24H,1H3,(H,25,26). The number of benzene rings is 2. The molecule has 0 atom stereocenters. The number of nitrogens with one attached hydrogen (secondary N) is 2. The predicted molar refractivity (Wildman–Crippen MR) is 103 cm³/mol. The molecule has 0 saturated carbocycles. The van der Waals surface area contributed by atoms with Crippen LogP contribution >= 0.6 is 11.6 Å². The predicted octanol–water partition coefficient (Wildman–Crippen LogP) is 4.91. The molecule has 1 heterocycles. The second-order valence-electron chi connectivity index (χ2n) is 5.61. The van der Waals surface area contributed by atoms with Crippen molar-refractivity contribution >= 4 is 34.6 Å². The second kappa shape index (κ2) is 7.68. The van der Waals surface area contributed by atoms with Crippen LogP contribution in [0.3, 0.4) is 0 Å². The normalized spacial score (nSPS) is 10.0. The lowest BCUT2D eigenvalue weighted by molar-refractivity contribution is 0.102. The molecule has 0 unspecified atom stereocenters. The van der Waals surface area contributed by atoms with E-state index < -0.39 is 0 Å². The van der Waals surface area contributed by atoms with Crippen LogP contribution in [0.25, 0.3) is 0 Å². The number of pyridine rings is 1. The Morgan fingerprint density at radius 3 is 2.69 bits per heavy atom. The maximum atomic E-state index is 12.5. The first-order valence-corrected chi connectivity index (χ1v) is 8.24. The summed E-state index contributed by atoms with van der Waals surface area (Å²) in [5.41, 5.74) is 3.65. The molecule has 1 amide bonds. The van der Waals surface area contributed by atoms with Gasteiger partial charge in [0.25, 0.3) is 5.91 Å². The highest BCUT2D eigenvalue weighted by molar-refractivity contribution is 6.31. The van der Waals surface area contributed by atoms with Gasteiger partial charge in [-0.2, -0.15) is 5.26 Å². The Morgan fingerprint density at radius 2 is 1.88 bits per heavy atom. The summed E-state index contributed by atoms with van der Waals surface area (Å²) in [6, 6.07) is 16.1. The van der Waals surface area contributed by atoms with Crippen molar-refractivity contribution in [1.82, 2.24) is 4.98 Å². The highest BCUT2D eigenvalue weighted by Gasteiger charge is 2.11. The van der Waals surface area contributed by atoms with Gasteiger partial charge >= 0.3 is 0 Å². The van der Waals surface area contributed by atoms with Gasteiger partial charge in [-0.25, -0.2) is 0 Å². The number of nitriles is 1. The lowest BCUT2D eigenvalue weighted by Crippen LogP contribution is -2.13. The molecule has 2 N–H and O–H groups in total. The molecule has 5 nitrogen and oxygen atoms in total. The zero-order valence-electron chi connectivity index (χ0n) is 14.0. The summed E-state index contributed by atoms with van der Waals surface area (Å²) in [7, 11) is 0.